The zero-order valence-corrected chi connectivity index (χ0v) is 5.81. The Bertz CT molecular complexity index is 275. The molecule has 1 aromatic rings. The van der Waals surface area contributed by atoms with Gasteiger partial charge in [0.25, 0.3) is 5.75 Å². The summed E-state index contributed by atoms with van der Waals surface area (Å²) in [5.74, 6) is 0.291. The zero-order valence-electron chi connectivity index (χ0n) is 5.00. The fourth-order valence-electron chi connectivity index (χ4n) is 0.581. The summed E-state index contributed by atoms with van der Waals surface area (Å²) < 4.78 is 10.0. The molecule has 0 aliphatic heterocycles. The van der Waals surface area contributed by atoms with Crippen LogP contribution in [-0.4, -0.2) is 10.2 Å². The lowest BCUT2D eigenvalue weighted by Crippen LogP contribution is -1.83. The number of aromatic nitrogens is 2. The third kappa shape index (κ3) is 1.17. The van der Waals surface area contributed by atoms with Crippen molar-refractivity contribution in [3.8, 4) is 6.07 Å². The Morgan fingerprint density at radius 3 is 3.30 bits per heavy atom. The molecule has 0 radical (unpaired) electrons. The second kappa shape index (κ2) is 3.03. The number of nitriles is 1. The van der Waals surface area contributed by atoms with Gasteiger partial charge in [0.15, 0.2) is 0 Å². The Morgan fingerprint density at radius 2 is 2.70 bits per heavy atom. The molecule has 50 valence electrons. The topological polar surface area (TPSA) is 69.5 Å². The van der Waals surface area contributed by atoms with Crippen LogP contribution < -0.4 is 0 Å². The van der Waals surface area contributed by atoms with Crippen molar-refractivity contribution in [2.24, 2.45) is 0 Å². The third-order valence-corrected chi connectivity index (χ3v) is 1.47. The third-order valence-electron chi connectivity index (χ3n) is 1.04. The van der Waals surface area contributed by atoms with E-state index in [2.05, 4.69) is 10.2 Å². The van der Waals surface area contributed by atoms with Gasteiger partial charge in [0, 0.05) is 4.21 Å². The van der Waals surface area contributed by atoms with Crippen LogP contribution in [0.4, 0.5) is 0 Å². The zero-order chi connectivity index (χ0) is 7.40. The van der Waals surface area contributed by atoms with E-state index < -0.39 is 0 Å². The van der Waals surface area contributed by atoms with E-state index in [9.17, 15) is 4.21 Å². The smallest absolute Gasteiger partial charge is 0.268 e. The van der Waals surface area contributed by atoms with E-state index in [1.54, 1.807) is 0 Å². The van der Waals surface area contributed by atoms with E-state index in [1.807, 2.05) is 6.07 Å². The summed E-state index contributed by atoms with van der Waals surface area (Å²) in [7, 11) is 0. The highest BCUT2D eigenvalue weighted by molar-refractivity contribution is 7.64. The summed E-state index contributed by atoms with van der Waals surface area (Å²) in [6.45, 7) is 0. The fourth-order valence-corrected chi connectivity index (χ4v) is 0.927. The van der Waals surface area contributed by atoms with Gasteiger partial charge < -0.3 is 0 Å². The van der Waals surface area contributed by atoms with Crippen LogP contribution in [0.2, 0.25) is 0 Å². The van der Waals surface area contributed by atoms with Crippen LogP contribution in [-0.2, 0) is 21.6 Å². The van der Waals surface area contributed by atoms with Crippen LogP contribution in [0.25, 0.3) is 0 Å². The average Bonchev–Trinajstić information content (AvgIpc) is 2.36. The molecule has 1 heterocycles. The molecule has 0 unspecified atom stereocenters. The van der Waals surface area contributed by atoms with Gasteiger partial charge >= 0.3 is 11.7 Å². The predicted octanol–water partition coefficient (Wildman–Crippen LogP) is 0.209. The van der Waals surface area contributed by atoms with Gasteiger partial charge in [-0.1, -0.05) is 0 Å². The highest BCUT2D eigenvalue weighted by atomic mass is 32.1. The minimum atomic E-state index is 0.291. The van der Waals surface area contributed by atoms with Gasteiger partial charge in [-0.2, -0.15) is 10.4 Å². The average molecular weight is 154 g/mol. The first-order valence-electron chi connectivity index (χ1n) is 2.55. The number of hydrogen-bond donors (Lipinski definition) is 1. The molecular formula is C5H4N3OS+. The largest absolute Gasteiger partial charge is 0.464 e. The van der Waals surface area contributed by atoms with E-state index in [-0.39, 0.29) is 0 Å². The van der Waals surface area contributed by atoms with Crippen LogP contribution >= 0.6 is 0 Å². The van der Waals surface area contributed by atoms with E-state index in [0.717, 1.165) is 0 Å². The van der Waals surface area contributed by atoms with Gasteiger partial charge in [-0.3, -0.25) is 5.10 Å². The van der Waals surface area contributed by atoms with Crippen LogP contribution in [0.1, 0.15) is 11.3 Å². The molecule has 0 bridgehead atoms. The van der Waals surface area contributed by atoms with Crippen molar-refractivity contribution >= 4 is 11.7 Å². The Balaban J connectivity index is 2.92. The van der Waals surface area contributed by atoms with Gasteiger partial charge in [0.2, 0.25) is 0 Å². The Labute approximate surface area is 61.4 Å². The summed E-state index contributed by atoms with van der Waals surface area (Å²) in [4.78, 5) is 0. The second-order valence-electron chi connectivity index (χ2n) is 1.64. The van der Waals surface area contributed by atoms with Gasteiger partial charge in [0.1, 0.15) is 11.8 Å². The lowest BCUT2D eigenvalue weighted by Gasteiger charge is -1.75. The van der Waals surface area contributed by atoms with Crippen LogP contribution in [0.5, 0.6) is 0 Å². The van der Waals surface area contributed by atoms with Crippen molar-refractivity contribution in [2.75, 3.05) is 0 Å². The summed E-state index contributed by atoms with van der Waals surface area (Å²) in [6.07, 6.45) is 1.49. The maximum atomic E-state index is 10.0. The van der Waals surface area contributed by atoms with Gasteiger partial charge in [0.05, 0.1) is 11.8 Å². The first-order valence-corrected chi connectivity index (χ1v) is 3.46. The maximum absolute atomic E-state index is 10.0. The maximum Gasteiger partial charge on any atom is 0.464 e. The minimum Gasteiger partial charge on any atom is -0.268 e. The summed E-state index contributed by atoms with van der Waals surface area (Å²) in [5.41, 5.74) is 1.05. The molecule has 1 aromatic heterocycles. The molecule has 0 spiro atoms. The van der Waals surface area contributed by atoms with Crippen LogP contribution in [0, 0.1) is 11.3 Å². The Kier molecular flexibility index (Phi) is 2.07. The van der Waals surface area contributed by atoms with Gasteiger partial charge in [-0.05, 0) is 0 Å². The van der Waals surface area contributed by atoms with Crippen molar-refractivity contribution in [3.63, 3.8) is 0 Å². The molecule has 1 rings (SSSR count). The molecule has 0 saturated carbocycles. The Morgan fingerprint density at radius 1 is 1.90 bits per heavy atom. The highest BCUT2D eigenvalue weighted by Crippen LogP contribution is 2.02. The molecule has 0 fully saturated rings. The van der Waals surface area contributed by atoms with E-state index >= 15 is 0 Å². The molecule has 0 aliphatic rings. The first kappa shape index (κ1) is 6.83. The van der Waals surface area contributed by atoms with Gasteiger partial charge in [-0.15, -0.1) is 0 Å². The molecule has 1 N–H and O–H groups in total. The predicted molar refractivity (Wildman–Crippen MR) is 35.1 cm³/mol. The lowest BCUT2D eigenvalue weighted by molar-refractivity contribution is 0.604. The van der Waals surface area contributed by atoms with Crippen molar-refractivity contribution in [2.45, 2.75) is 5.75 Å². The molecule has 0 atom stereocenters. The van der Waals surface area contributed by atoms with Crippen molar-refractivity contribution in [1.82, 2.24) is 10.2 Å². The number of rotatable bonds is 2. The SMILES string of the molecule is N#Cc1[nH]ncc1C[S+]=O. The van der Waals surface area contributed by atoms with Crippen LogP contribution in [0.15, 0.2) is 6.20 Å². The molecule has 0 aliphatic carbocycles. The van der Waals surface area contributed by atoms with Crippen molar-refractivity contribution in [1.29, 1.82) is 5.26 Å². The quantitative estimate of drug-likeness (QED) is 0.619. The highest BCUT2D eigenvalue weighted by Gasteiger charge is 2.09. The molecule has 0 aromatic carbocycles. The molecule has 5 heteroatoms. The molecule has 0 amide bonds. The molecule has 10 heavy (non-hydrogen) atoms. The van der Waals surface area contributed by atoms with Crippen LogP contribution in [0.3, 0.4) is 0 Å². The normalized spacial score (nSPS) is 8.70. The molecule has 4 nitrogen and oxygen atoms in total. The number of nitrogens with zero attached hydrogens (tertiary/aromatic N) is 2. The van der Waals surface area contributed by atoms with E-state index in [1.165, 1.54) is 6.20 Å². The molecular weight excluding hydrogens is 150 g/mol. The molecule has 0 saturated heterocycles. The van der Waals surface area contributed by atoms with E-state index in [0.29, 0.717) is 28.7 Å². The number of H-pyrrole nitrogens is 1. The number of aromatic amines is 1. The van der Waals surface area contributed by atoms with E-state index in [4.69, 9.17) is 5.26 Å². The summed E-state index contributed by atoms with van der Waals surface area (Å²) in [5, 5.41) is 14.5. The first-order chi connectivity index (χ1) is 4.88. The van der Waals surface area contributed by atoms with Crippen molar-refractivity contribution < 1.29 is 4.21 Å². The van der Waals surface area contributed by atoms with Gasteiger partial charge in [-0.25, -0.2) is 0 Å². The standard InChI is InChI=1S/C5H4N3OS/c6-1-5-4(3-10-9)2-7-8-5/h2H,3H2,(H,7,8)/q+1. The number of nitrogens with one attached hydrogen (secondary N) is 1. The lowest BCUT2D eigenvalue weighted by atomic mass is 10.3. The number of hydrogen-bond acceptors (Lipinski definition) is 3. The monoisotopic (exact) mass is 154 g/mol. The Hall–Kier alpha value is -1.28. The summed E-state index contributed by atoms with van der Waals surface area (Å²) >= 11 is 0.428. The summed E-state index contributed by atoms with van der Waals surface area (Å²) in [6, 6.07) is 1.89. The van der Waals surface area contributed by atoms with Crippen molar-refractivity contribution in [3.05, 3.63) is 17.5 Å². The fraction of sp³-hybridized carbons (Fsp3) is 0.200. The second-order valence-corrected chi connectivity index (χ2v) is 2.17. The minimum absolute atomic E-state index is 0.291.